The van der Waals surface area contributed by atoms with Crippen molar-refractivity contribution < 1.29 is 14.3 Å². The quantitative estimate of drug-likeness (QED) is 0.734. The standard InChI is InChI=1S/C13H26N2O3/c1-4-18-12(2,3)10-15-11(16)13(9-14)5-7-17-8-6-13/h4-10,14H2,1-3H3,(H,15,16). The van der Waals surface area contributed by atoms with Crippen molar-refractivity contribution in [1.82, 2.24) is 5.32 Å². The molecule has 1 aliphatic heterocycles. The fraction of sp³-hybridized carbons (Fsp3) is 0.923. The maximum atomic E-state index is 12.3. The molecule has 0 unspecified atom stereocenters. The van der Waals surface area contributed by atoms with Gasteiger partial charge in [0.15, 0.2) is 0 Å². The molecule has 1 saturated heterocycles. The maximum Gasteiger partial charge on any atom is 0.227 e. The minimum absolute atomic E-state index is 0.0288. The summed E-state index contributed by atoms with van der Waals surface area (Å²) in [5.41, 5.74) is 4.99. The second kappa shape index (κ2) is 6.50. The van der Waals surface area contributed by atoms with Gasteiger partial charge < -0.3 is 20.5 Å². The predicted molar refractivity (Wildman–Crippen MR) is 70.3 cm³/mol. The molecule has 3 N–H and O–H groups in total. The summed E-state index contributed by atoms with van der Waals surface area (Å²) in [4.78, 5) is 12.3. The van der Waals surface area contributed by atoms with E-state index in [4.69, 9.17) is 15.2 Å². The zero-order valence-corrected chi connectivity index (χ0v) is 11.8. The van der Waals surface area contributed by atoms with Crippen molar-refractivity contribution in [3.05, 3.63) is 0 Å². The van der Waals surface area contributed by atoms with Crippen molar-refractivity contribution in [3.63, 3.8) is 0 Å². The third kappa shape index (κ3) is 3.93. The molecule has 1 aliphatic rings. The van der Waals surface area contributed by atoms with Crippen LogP contribution in [0.1, 0.15) is 33.6 Å². The summed E-state index contributed by atoms with van der Waals surface area (Å²) >= 11 is 0. The predicted octanol–water partition coefficient (Wildman–Crippen LogP) is 0.673. The lowest BCUT2D eigenvalue weighted by atomic mass is 9.79. The molecule has 0 bridgehead atoms. The van der Waals surface area contributed by atoms with Crippen LogP contribution in [0.25, 0.3) is 0 Å². The molecule has 0 saturated carbocycles. The minimum Gasteiger partial charge on any atom is -0.381 e. The van der Waals surface area contributed by atoms with Crippen molar-refractivity contribution in [2.75, 3.05) is 32.9 Å². The normalized spacial score (nSPS) is 19.6. The Bertz CT molecular complexity index is 273. The fourth-order valence-electron chi connectivity index (χ4n) is 2.21. The number of hydrogen-bond donors (Lipinski definition) is 2. The molecule has 0 aliphatic carbocycles. The molecule has 1 rings (SSSR count). The highest BCUT2D eigenvalue weighted by molar-refractivity contribution is 5.83. The van der Waals surface area contributed by atoms with Crippen molar-refractivity contribution in [2.45, 2.75) is 39.2 Å². The van der Waals surface area contributed by atoms with Crippen LogP contribution < -0.4 is 11.1 Å². The van der Waals surface area contributed by atoms with Gasteiger partial charge in [0.25, 0.3) is 0 Å². The Morgan fingerprint density at radius 3 is 2.56 bits per heavy atom. The summed E-state index contributed by atoms with van der Waals surface area (Å²) in [5.74, 6) is 0.0288. The van der Waals surface area contributed by atoms with Gasteiger partial charge in [-0.15, -0.1) is 0 Å². The summed E-state index contributed by atoms with van der Waals surface area (Å²) in [6, 6.07) is 0. The van der Waals surface area contributed by atoms with Crippen molar-refractivity contribution in [2.24, 2.45) is 11.1 Å². The Morgan fingerprint density at radius 1 is 1.44 bits per heavy atom. The number of nitrogens with one attached hydrogen (secondary N) is 1. The molecule has 1 fully saturated rings. The van der Waals surface area contributed by atoms with Crippen molar-refractivity contribution in [1.29, 1.82) is 0 Å². The van der Waals surface area contributed by atoms with Crippen molar-refractivity contribution >= 4 is 5.91 Å². The van der Waals surface area contributed by atoms with E-state index in [1.165, 1.54) is 0 Å². The van der Waals surface area contributed by atoms with E-state index >= 15 is 0 Å². The zero-order chi connectivity index (χ0) is 13.6. The molecule has 5 heteroatoms. The van der Waals surface area contributed by atoms with Gasteiger partial charge in [0.05, 0.1) is 11.0 Å². The summed E-state index contributed by atoms with van der Waals surface area (Å²) in [5, 5.41) is 2.97. The minimum atomic E-state index is -0.458. The Balaban J connectivity index is 2.52. The second-order valence-corrected chi connectivity index (χ2v) is 5.47. The molecule has 106 valence electrons. The van der Waals surface area contributed by atoms with Crippen LogP contribution in [0, 0.1) is 5.41 Å². The van der Waals surface area contributed by atoms with Gasteiger partial charge in [0, 0.05) is 32.9 Å². The molecule has 0 aromatic heterocycles. The highest BCUT2D eigenvalue weighted by Crippen LogP contribution is 2.29. The molecule has 0 atom stereocenters. The highest BCUT2D eigenvalue weighted by atomic mass is 16.5. The van der Waals surface area contributed by atoms with Crippen LogP contribution in [0.15, 0.2) is 0 Å². The van der Waals surface area contributed by atoms with E-state index in [9.17, 15) is 4.79 Å². The van der Waals surface area contributed by atoms with Crippen LogP contribution in [0.4, 0.5) is 0 Å². The maximum absolute atomic E-state index is 12.3. The Kier molecular flexibility index (Phi) is 5.56. The van der Waals surface area contributed by atoms with E-state index in [0.29, 0.717) is 45.8 Å². The third-order valence-electron chi connectivity index (χ3n) is 3.53. The van der Waals surface area contributed by atoms with Gasteiger partial charge in [0.2, 0.25) is 5.91 Å². The Morgan fingerprint density at radius 2 is 2.06 bits per heavy atom. The van der Waals surface area contributed by atoms with Crippen LogP contribution in [0.3, 0.4) is 0 Å². The monoisotopic (exact) mass is 258 g/mol. The lowest BCUT2D eigenvalue weighted by molar-refractivity contribution is -0.137. The fourth-order valence-corrected chi connectivity index (χ4v) is 2.21. The van der Waals surface area contributed by atoms with Crippen LogP contribution in [-0.2, 0) is 14.3 Å². The molecule has 5 nitrogen and oxygen atoms in total. The first-order valence-electron chi connectivity index (χ1n) is 6.66. The first-order valence-corrected chi connectivity index (χ1v) is 6.66. The van der Waals surface area contributed by atoms with Gasteiger partial charge >= 0.3 is 0 Å². The largest absolute Gasteiger partial charge is 0.381 e. The van der Waals surface area contributed by atoms with Gasteiger partial charge in [-0.2, -0.15) is 0 Å². The summed E-state index contributed by atoms with van der Waals surface area (Å²) in [6.45, 7) is 8.62. The Hall–Kier alpha value is -0.650. The van der Waals surface area contributed by atoms with Gasteiger partial charge in [-0.25, -0.2) is 0 Å². The molecule has 0 spiro atoms. The van der Waals surface area contributed by atoms with Gasteiger partial charge in [-0.3, -0.25) is 4.79 Å². The number of ether oxygens (including phenoxy) is 2. The van der Waals surface area contributed by atoms with Crippen molar-refractivity contribution in [3.8, 4) is 0 Å². The van der Waals surface area contributed by atoms with Crippen LogP contribution in [0.5, 0.6) is 0 Å². The smallest absolute Gasteiger partial charge is 0.227 e. The molecular formula is C13H26N2O3. The van der Waals surface area contributed by atoms with E-state index < -0.39 is 5.41 Å². The molecular weight excluding hydrogens is 232 g/mol. The lowest BCUT2D eigenvalue weighted by Gasteiger charge is -2.35. The van der Waals surface area contributed by atoms with Gasteiger partial charge in [-0.1, -0.05) is 0 Å². The second-order valence-electron chi connectivity index (χ2n) is 5.47. The number of nitrogens with two attached hydrogens (primary N) is 1. The molecule has 1 heterocycles. The number of amides is 1. The lowest BCUT2D eigenvalue weighted by Crippen LogP contribution is -2.52. The zero-order valence-electron chi connectivity index (χ0n) is 11.8. The molecule has 0 aromatic carbocycles. The molecule has 0 aromatic rings. The molecule has 18 heavy (non-hydrogen) atoms. The van der Waals surface area contributed by atoms with E-state index in [-0.39, 0.29) is 11.5 Å². The SMILES string of the molecule is CCOC(C)(C)CNC(=O)C1(CN)CCOCC1. The van der Waals surface area contributed by atoms with E-state index in [1.807, 2.05) is 20.8 Å². The average molecular weight is 258 g/mol. The third-order valence-corrected chi connectivity index (χ3v) is 3.53. The topological polar surface area (TPSA) is 73.6 Å². The van der Waals surface area contributed by atoms with E-state index in [2.05, 4.69) is 5.32 Å². The Labute approximate surface area is 109 Å². The van der Waals surface area contributed by atoms with E-state index in [1.54, 1.807) is 0 Å². The van der Waals surface area contributed by atoms with Crippen LogP contribution in [0.2, 0.25) is 0 Å². The highest BCUT2D eigenvalue weighted by Gasteiger charge is 2.39. The molecule has 0 radical (unpaired) electrons. The summed E-state index contributed by atoms with van der Waals surface area (Å²) < 4.78 is 10.9. The van der Waals surface area contributed by atoms with Crippen LogP contribution in [-0.4, -0.2) is 44.4 Å². The number of carbonyl (C=O) groups excluding carboxylic acids is 1. The number of rotatable bonds is 6. The first-order chi connectivity index (χ1) is 8.46. The number of carbonyl (C=O) groups is 1. The first kappa shape index (κ1) is 15.4. The van der Waals surface area contributed by atoms with E-state index in [0.717, 1.165) is 0 Å². The van der Waals surface area contributed by atoms with Gasteiger partial charge in [-0.05, 0) is 33.6 Å². The van der Waals surface area contributed by atoms with Crippen LogP contribution >= 0.6 is 0 Å². The molecule has 1 amide bonds. The number of hydrogen-bond acceptors (Lipinski definition) is 4. The van der Waals surface area contributed by atoms with Gasteiger partial charge in [0.1, 0.15) is 0 Å². The average Bonchev–Trinajstić information content (AvgIpc) is 2.37. The summed E-state index contributed by atoms with van der Waals surface area (Å²) in [7, 11) is 0. The summed E-state index contributed by atoms with van der Waals surface area (Å²) in [6.07, 6.45) is 1.40.